The summed E-state index contributed by atoms with van der Waals surface area (Å²) in [5, 5.41) is 6.45. The third kappa shape index (κ3) is 3.99. The van der Waals surface area contributed by atoms with Crippen molar-refractivity contribution in [3.05, 3.63) is 65.4 Å². The lowest BCUT2D eigenvalue weighted by atomic mass is 10.1. The molecule has 0 atom stereocenters. The Balaban J connectivity index is 1.34. The Morgan fingerprint density at radius 1 is 1.18 bits per heavy atom. The second-order valence-electron chi connectivity index (χ2n) is 6.53. The van der Waals surface area contributed by atoms with Gasteiger partial charge in [0, 0.05) is 20.1 Å². The Morgan fingerprint density at radius 3 is 2.86 bits per heavy atom. The molecular formula is C21H22N4O3. The van der Waals surface area contributed by atoms with Crippen LogP contribution in [0.3, 0.4) is 0 Å². The molecule has 0 bridgehead atoms. The van der Waals surface area contributed by atoms with E-state index in [2.05, 4.69) is 27.8 Å². The van der Waals surface area contributed by atoms with Crippen molar-refractivity contribution >= 4 is 17.9 Å². The van der Waals surface area contributed by atoms with Gasteiger partial charge in [0.05, 0.1) is 6.54 Å². The van der Waals surface area contributed by atoms with Gasteiger partial charge in [-0.05, 0) is 29.3 Å². The molecule has 0 radical (unpaired) electrons. The Morgan fingerprint density at radius 2 is 2.00 bits per heavy atom. The average Bonchev–Trinajstić information content (AvgIpc) is 3.28. The van der Waals surface area contributed by atoms with E-state index in [4.69, 9.17) is 9.47 Å². The molecule has 0 unspecified atom stereocenters. The summed E-state index contributed by atoms with van der Waals surface area (Å²) in [5.74, 6) is 1.84. The lowest BCUT2D eigenvalue weighted by molar-refractivity contribution is -0.121. The van der Waals surface area contributed by atoms with Gasteiger partial charge in [-0.25, -0.2) is 0 Å². The van der Waals surface area contributed by atoms with Gasteiger partial charge in [0.25, 0.3) is 5.91 Å². The number of likely N-dealkylation sites (N-methyl/N-ethyl adjacent to an activating group) is 1. The molecule has 0 aromatic heterocycles. The maximum absolute atomic E-state index is 12.5. The summed E-state index contributed by atoms with van der Waals surface area (Å²) < 4.78 is 10.7. The fourth-order valence-corrected chi connectivity index (χ4v) is 3.02. The SMILES string of the molecule is CN1C(=O)/C(=C/c2ccc3c(c2)OCO3)NC1=NCCNCc1ccccc1. The van der Waals surface area contributed by atoms with Crippen molar-refractivity contribution in [1.82, 2.24) is 15.5 Å². The number of benzene rings is 2. The van der Waals surface area contributed by atoms with Crippen LogP contribution in [-0.2, 0) is 11.3 Å². The van der Waals surface area contributed by atoms with E-state index in [1.54, 1.807) is 13.1 Å². The van der Waals surface area contributed by atoms with Crippen LogP contribution in [0.5, 0.6) is 11.5 Å². The second-order valence-corrected chi connectivity index (χ2v) is 6.53. The minimum absolute atomic E-state index is 0.117. The summed E-state index contributed by atoms with van der Waals surface area (Å²) in [6.45, 7) is 2.32. The molecule has 2 aromatic carbocycles. The fourth-order valence-electron chi connectivity index (χ4n) is 3.02. The number of amides is 1. The molecule has 7 nitrogen and oxygen atoms in total. The van der Waals surface area contributed by atoms with Gasteiger partial charge in [-0.1, -0.05) is 36.4 Å². The average molecular weight is 378 g/mol. The quantitative estimate of drug-likeness (QED) is 0.594. The predicted molar refractivity (Wildman–Crippen MR) is 107 cm³/mol. The molecule has 0 saturated carbocycles. The molecule has 28 heavy (non-hydrogen) atoms. The first-order chi connectivity index (χ1) is 13.7. The van der Waals surface area contributed by atoms with Crippen LogP contribution >= 0.6 is 0 Å². The molecule has 0 aliphatic carbocycles. The Bertz CT molecular complexity index is 925. The van der Waals surface area contributed by atoms with E-state index in [9.17, 15) is 4.79 Å². The topological polar surface area (TPSA) is 75.2 Å². The third-order valence-electron chi connectivity index (χ3n) is 4.53. The molecule has 144 valence electrons. The number of fused-ring (bicyclic) bond motifs is 1. The molecular weight excluding hydrogens is 356 g/mol. The summed E-state index contributed by atoms with van der Waals surface area (Å²) in [5.41, 5.74) is 2.58. The summed E-state index contributed by atoms with van der Waals surface area (Å²) in [6.07, 6.45) is 1.79. The lowest BCUT2D eigenvalue weighted by Gasteiger charge is -2.07. The van der Waals surface area contributed by atoms with Gasteiger partial charge in [0.15, 0.2) is 11.5 Å². The van der Waals surface area contributed by atoms with Crippen LogP contribution in [0.2, 0.25) is 0 Å². The molecule has 1 fully saturated rings. The van der Waals surface area contributed by atoms with Gasteiger partial charge < -0.3 is 20.1 Å². The zero-order chi connectivity index (χ0) is 19.3. The molecule has 0 spiro atoms. The van der Waals surface area contributed by atoms with Gasteiger partial charge >= 0.3 is 0 Å². The number of carbonyl (C=O) groups is 1. The Labute approximate surface area is 163 Å². The van der Waals surface area contributed by atoms with Crippen molar-refractivity contribution in [3.8, 4) is 11.5 Å². The largest absolute Gasteiger partial charge is 0.454 e. The van der Waals surface area contributed by atoms with E-state index in [1.807, 2.05) is 36.4 Å². The number of aliphatic imine (C=N–C) groups is 1. The Hall–Kier alpha value is -3.32. The number of ether oxygens (including phenoxy) is 2. The molecule has 1 saturated heterocycles. The predicted octanol–water partition coefficient (Wildman–Crippen LogP) is 1.96. The van der Waals surface area contributed by atoms with Crippen molar-refractivity contribution in [2.75, 3.05) is 26.9 Å². The summed E-state index contributed by atoms with van der Waals surface area (Å²) >= 11 is 0. The van der Waals surface area contributed by atoms with Crippen LogP contribution in [0, 0.1) is 0 Å². The molecule has 1 amide bonds. The van der Waals surface area contributed by atoms with Gasteiger partial charge in [-0.2, -0.15) is 0 Å². The molecule has 2 heterocycles. The number of hydrogen-bond acceptors (Lipinski definition) is 5. The number of nitrogens with one attached hydrogen (secondary N) is 2. The van der Waals surface area contributed by atoms with E-state index in [1.165, 1.54) is 10.5 Å². The first kappa shape index (κ1) is 18.1. The zero-order valence-corrected chi connectivity index (χ0v) is 15.6. The van der Waals surface area contributed by atoms with Gasteiger partial charge in [-0.3, -0.25) is 14.7 Å². The zero-order valence-electron chi connectivity index (χ0n) is 15.6. The van der Waals surface area contributed by atoms with Gasteiger partial charge in [0.1, 0.15) is 5.70 Å². The lowest BCUT2D eigenvalue weighted by Crippen LogP contribution is -2.29. The summed E-state index contributed by atoms with van der Waals surface area (Å²) in [4.78, 5) is 18.5. The van der Waals surface area contributed by atoms with Crippen molar-refractivity contribution < 1.29 is 14.3 Å². The molecule has 2 aliphatic rings. The van der Waals surface area contributed by atoms with Crippen LogP contribution in [0.15, 0.2) is 59.2 Å². The minimum Gasteiger partial charge on any atom is -0.454 e. The third-order valence-corrected chi connectivity index (χ3v) is 4.53. The molecule has 4 rings (SSSR count). The number of nitrogens with zero attached hydrogens (tertiary/aromatic N) is 2. The van der Waals surface area contributed by atoms with Gasteiger partial charge in [0.2, 0.25) is 12.8 Å². The van der Waals surface area contributed by atoms with E-state index in [0.717, 1.165) is 24.4 Å². The van der Waals surface area contributed by atoms with E-state index in [-0.39, 0.29) is 12.7 Å². The van der Waals surface area contributed by atoms with Crippen LogP contribution in [0.25, 0.3) is 6.08 Å². The first-order valence-corrected chi connectivity index (χ1v) is 9.16. The minimum atomic E-state index is -0.117. The van der Waals surface area contributed by atoms with Crippen LogP contribution < -0.4 is 20.1 Å². The van der Waals surface area contributed by atoms with Crippen molar-refractivity contribution in [1.29, 1.82) is 0 Å². The standard InChI is InChI=1S/C21H22N4O3/c1-25-20(26)17(11-16-7-8-18-19(12-16)28-14-27-18)24-21(25)23-10-9-22-13-15-5-3-2-4-6-15/h2-8,11-12,22H,9-10,13-14H2,1H3,(H,23,24)/b17-11-. The first-order valence-electron chi connectivity index (χ1n) is 9.16. The number of guanidine groups is 1. The smallest absolute Gasteiger partial charge is 0.276 e. The van der Waals surface area contributed by atoms with Crippen LogP contribution in [-0.4, -0.2) is 43.7 Å². The molecule has 7 heteroatoms. The molecule has 2 aliphatic heterocycles. The number of hydrogen-bond donors (Lipinski definition) is 2. The maximum Gasteiger partial charge on any atom is 0.276 e. The highest BCUT2D eigenvalue weighted by Crippen LogP contribution is 2.33. The van der Waals surface area contributed by atoms with Crippen molar-refractivity contribution in [3.63, 3.8) is 0 Å². The highest BCUT2D eigenvalue weighted by Gasteiger charge is 2.28. The Kier molecular flexibility index (Phi) is 5.25. The normalized spacial score (nSPS) is 18.2. The van der Waals surface area contributed by atoms with Crippen molar-refractivity contribution in [2.45, 2.75) is 6.54 Å². The van der Waals surface area contributed by atoms with Crippen LogP contribution in [0.1, 0.15) is 11.1 Å². The maximum atomic E-state index is 12.5. The monoisotopic (exact) mass is 378 g/mol. The summed E-state index contributed by atoms with van der Waals surface area (Å²) in [6, 6.07) is 15.8. The highest BCUT2D eigenvalue weighted by molar-refractivity contribution is 6.15. The van der Waals surface area contributed by atoms with E-state index < -0.39 is 0 Å². The fraction of sp³-hybridized carbons (Fsp3) is 0.238. The van der Waals surface area contributed by atoms with Crippen molar-refractivity contribution in [2.24, 2.45) is 4.99 Å². The van der Waals surface area contributed by atoms with E-state index >= 15 is 0 Å². The van der Waals surface area contributed by atoms with Gasteiger partial charge in [-0.15, -0.1) is 0 Å². The number of rotatable bonds is 6. The number of carbonyl (C=O) groups excluding carboxylic acids is 1. The molecule has 2 N–H and O–H groups in total. The van der Waals surface area contributed by atoms with E-state index in [0.29, 0.717) is 24.0 Å². The highest BCUT2D eigenvalue weighted by atomic mass is 16.7. The summed E-state index contributed by atoms with van der Waals surface area (Å²) in [7, 11) is 1.71. The second kappa shape index (κ2) is 8.14. The van der Waals surface area contributed by atoms with Crippen LogP contribution in [0.4, 0.5) is 0 Å². The molecule has 2 aromatic rings.